The molecule has 0 atom stereocenters. The third-order valence-electron chi connectivity index (χ3n) is 4.85. The van der Waals surface area contributed by atoms with Gasteiger partial charge in [-0.25, -0.2) is 9.97 Å². The summed E-state index contributed by atoms with van der Waals surface area (Å²) in [7, 11) is 0. The molecule has 4 aromatic rings. The van der Waals surface area contributed by atoms with Gasteiger partial charge in [-0.2, -0.15) is 0 Å². The number of ether oxygens (including phenoxy) is 1. The second-order valence-corrected chi connectivity index (χ2v) is 7.96. The highest BCUT2D eigenvalue weighted by Crippen LogP contribution is 2.37. The van der Waals surface area contributed by atoms with E-state index in [1.165, 1.54) is 17.5 Å². The Morgan fingerprint density at radius 2 is 1.87 bits per heavy atom. The lowest BCUT2D eigenvalue weighted by molar-refractivity contribution is -0.123. The van der Waals surface area contributed by atoms with Crippen molar-refractivity contribution in [2.24, 2.45) is 0 Å². The van der Waals surface area contributed by atoms with Crippen LogP contribution in [0.4, 0.5) is 0 Å². The Bertz CT molecular complexity index is 1120. The molecule has 1 N–H and O–H groups in total. The Morgan fingerprint density at radius 3 is 2.67 bits per heavy atom. The maximum atomic E-state index is 12.2. The van der Waals surface area contributed by atoms with Gasteiger partial charge in [0, 0.05) is 17.5 Å². The maximum absolute atomic E-state index is 12.2. The first-order valence-corrected chi connectivity index (χ1v) is 10.8. The Kier molecular flexibility index (Phi) is 6.35. The summed E-state index contributed by atoms with van der Waals surface area (Å²) in [6.07, 6.45) is 3.30. The molecule has 0 saturated heterocycles. The second-order valence-electron chi connectivity index (χ2n) is 7.10. The van der Waals surface area contributed by atoms with E-state index in [0.717, 1.165) is 34.2 Å². The third-order valence-corrected chi connectivity index (χ3v) is 5.73. The molecule has 0 saturated carbocycles. The Morgan fingerprint density at radius 1 is 1.07 bits per heavy atom. The molecule has 2 heterocycles. The summed E-state index contributed by atoms with van der Waals surface area (Å²) < 4.78 is 5.78. The molecule has 2 aromatic carbocycles. The van der Waals surface area contributed by atoms with Crippen molar-refractivity contribution in [3.05, 3.63) is 77.4 Å². The molecule has 152 valence electrons. The van der Waals surface area contributed by atoms with Crippen LogP contribution < -0.4 is 10.1 Å². The minimum Gasteiger partial charge on any atom is -0.467 e. The second kappa shape index (κ2) is 9.50. The molecular weight excluding hydrogens is 394 g/mol. The van der Waals surface area contributed by atoms with Crippen LogP contribution in [0.15, 0.2) is 66.3 Å². The lowest BCUT2D eigenvalue weighted by atomic mass is 10.0. The summed E-state index contributed by atoms with van der Waals surface area (Å²) in [5.74, 6) is 0.290. The zero-order valence-electron chi connectivity index (χ0n) is 16.8. The topological polar surface area (TPSA) is 64.1 Å². The van der Waals surface area contributed by atoms with Gasteiger partial charge in [0.15, 0.2) is 6.61 Å². The molecule has 0 bridgehead atoms. The molecule has 0 spiro atoms. The maximum Gasteiger partial charge on any atom is 0.258 e. The van der Waals surface area contributed by atoms with E-state index in [0.29, 0.717) is 12.4 Å². The third kappa shape index (κ3) is 4.83. The van der Waals surface area contributed by atoms with Gasteiger partial charge in [-0.1, -0.05) is 60.2 Å². The van der Waals surface area contributed by atoms with Crippen LogP contribution in [0, 0.1) is 6.92 Å². The van der Waals surface area contributed by atoms with Gasteiger partial charge in [-0.3, -0.25) is 4.79 Å². The van der Waals surface area contributed by atoms with Crippen molar-refractivity contribution in [2.45, 2.75) is 19.8 Å². The van der Waals surface area contributed by atoms with Gasteiger partial charge in [-0.15, -0.1) is 11.3 Å². The van der Waals surface area contributed by atoms with Crippen molar-refractivity contribution in [3.8, 4) is 17.0 Å². The number of nitrogens with zero attached hydrogens (tertiary/aromatic N) is 2. The normalized spacial score (nSPS) is 10.8. The summed E-state index contributed by atoms with van der Waals surface area (Å²) in [4.78, 5) is 21.7. The summed E-state index contributed by atoms with van der Waals surface area (Å²) >= 11 is 1.54. The molecule has 2 aromatic heterocycles. The highest BCUT2D eigenvalue weighted by atomic mass is 32.1. The largest absolute Gasteiger partial charge is 0.467 e. The van der Waals surface area contributed by atoms with Gasteiger partial charge in [0.25, 0.3) is 5.91 Å². The van der Waals surface area contributed by atoms with Crippen molar-refractivity contribution in [2.75, 3.05) is 13.2 Å². The highest BCUT2D eigenvalue weighted by molar-refractivity contribution is 7.17. The number of nitrogens with one attached hydrogen (secondary N) is 1. The molecule has 4 rings (SSSR count). The Labute approximate surface area is 179 Å². The van der Waals surface area contributed by atoms with E-state index < -0.39 is 0 Å². The summed E-state index contributed by atoms with van der Waals surface area (Å²) in [6, 6.07) is 18.6. The first kappa shape index (κ1) is 20.0. The van der Waals surface area contributed by atoms with Crippen molar-refractivity contribution < 1.29 is 9.53 Å². The van der Waals surface area contributed by atoms with Gasteiger partial charge in [0.1, 0.15) is 11.2 Å². The SMILES string of the molecule is Cc1ccc(-c2csc3ncnc(OCC(=O)NCCCc4ccccc4)c23)cc1. The molecule has 1 amide bonds. The van der Waals surface area contributed by atoms with Crippen LogP contribution in [0.25, 0.3) is 21.3 Å². The van der Waals surface area contributed by atoms with E-state index in [1.54, 1.807) is 11.3 Å². The average molecular weight is 418 g/mol. The number of aromatic nitrogens is 2. The zero-order valence-corrected chi connectivity index (χ0v) is 17.6. The fraction of sp³-hybridized carbons (Fsp3) is 0.208. The molecule has 30 heavy (non-hydrogen) atoms. The molecule has 0 unspecified atom stereocenters. The number of carbonyl (C=O) groups is 1. The minimum absolute atomic E-state index is 0.0688. The number of hydrogen-bond acceptors (Lipinski definition) is 5. The molecule has 0 aliphatic carbocycles. The molecule has 0 aliphatic rings. The van der Waals surface area contributed by atoms with Crippen molar-refractivity contribution in [1.82, 2.24) is 15.3 Å². The zero-order chi connectivity index (χ0) is 20.8. The molecule has 5 nitrogen and oxygen atoms in total. The van der Waals surface area contributed by atoms with Gasteiger partial charge in [-0.05, 0) is 30.9 Å². The van der Waals surface area contributed by atoms with Crippen LogP contribution in [-0.2, 0) is 11.2 Å². The van der Waals surface area contributed by atoms with Crippen LogP contribution in [0.2, 0.25) is 0 Å². The number of thiophene rings is 1. The quantitative estimate of drug-likeness (QED) is 0.419. The number of rotatable bonds is 8. The van der Waals surface area contributed by atoms with Gasteiger partial charge >= 0.3 is 0 Å². The van der Waals surface area contributed by atoms with Gasteiger partial charge in [0.2, 0.25) is 5.88 Å². The van der Waals surface area contributed by atoms with Crippen LogP contribution in [0.5, 0.6) is 5.88 Å². The van der Waals surface area contributed by atoms with Crippen LogP contribution >= 0.6 is 11.3 Å². The van der Waals surface area contributed by atoms with E-state index in [9.17, 15) is 4.79 Å². The van der Waals surface area contributed by atoms with E-state index in [1.807, 2.05) is 18.2 Å². The number of fused-ring (bicyclic) bond motifs is 1. The van der Waals surface area contributed by atoms with Crippen molar-refractivity contribution in [1.29, 1.82) is 0 Å². The Hall–Kier alpha value is -3.25. The van der Waals surface area contributed by atoms with Crippen molar-refractivity contribution >= 4 is 27.5 Å². The van der Waals surface area contributed by atoms with Gasteiger partial charge in [0.05, 0.1) is 5.39 Å². The summed E-state index contributed by atoms with van der Waals surface area (Å²) in [6.45, 7) is 2.61. The van der Waals surface area contributed by atoms with E-state index >= 15 is 0 Å². The lowest BCUT2D eigenvalue weighted by Crippen LogP contribution is -2.30. The van der Waals surface area contributed by atoms with E-state index in [4.69, 9.17) is 4.74 Å². The highest BCUT2D eigenvalue weighted by Gasteiger charge is 2.15. The fourth-order valence-corrected chi connectivity index (χ4v) is 4.16. The van der Waals surface area contributed by atoms with Crippen LogP contribution in [0.3, 0.4) is 0 Å². The predicted octanol–water partition coefficient (Wildman–Crippen LogP) is 4.79. The van der Waals surface area contributed by atoms with Crippen molar-refractivity contribution in [3.63, 3.8) is 0 Å². The monoisotopic (exact) mass is 417 g/mol. The van der Waals surface area contributed by atoms with E-state index in [2.05, 4.69) is 64.0 Å². The predicted molar refractivity (Wildman–Crippen MR) is 121 cm³/mol. The first-order chi connectivity index (χ1) is 14.7. The van der Waals surface area contributed by atoms with Gasteiger partial charge < -0.3 is 10.1 Å². The average Bonchev–Trinajstić information content (AvgIpc) is 3.21. The molecule has 6 heteroatoms. The smallest absolute Gasteiger partial charge is 0.258 e. The van der Waals surface area contributed by atoms with E-state index in [-0.39, 0.29) is 12.5 Å². The molecular formula is C24H23N3O2S. The Balaban J connectivity index is 1.37. The standard InChI is InChI=1S/C24H23N3O2S/c1-17-9-11-19(12-10-17)20-15-30-24-22(20)23(26-16-27-24)29-14-21(28)25-13-5-8-18-6-3-2-4-7-18/h2-4,6-7,9-12,15-16H,5,8,13-14H2,1H3,(H,25,28). The lowest BCUT2D eigenvalue weighted by Gasteiger charge is -2.09. The minimum atomic E-state index is -0.151. The molecule has 0 aliphatic heterocycles. The molecule has 0 radical (unpaired) electrons. The number of benzene rings is 2. The first-order valence-electron chi connectivity index (χ1n) is 9.93. The van der Waals surface area contributed by atoms with Crippen LogP contribution in [-0.4, -0.2) is 29.0 Å². The summed E-state index contributed by atoms with van der Waals surface area (Å²) in [5.41, 5.74) is 4.58. The molecule has 0 fully saturated rings. The number of aryl methyl sites for hydroxylation is 2. The summed E-state index contributed by atoms with van der Waals surface area (Å²) in [5, 5.41) is 5.82. The van der Waals surface area contributed by atoms with Crippen LogP contribution in [0.1, 0.15) is 17.5 Å². The number of amides is 1. The fourth-order valence-electron chi connectivity index (χ4n) is 3.25. The number of carbonyl (C=O) groups excluding carboxylic acids is 1. The number of hydrogen-bond donors (Lipinski definition) is 1.